The third-order valence-electron chi connectivity index (χ3n) is 4.62. The van der Waals surface area contributed by atoms with Crippen molar-refractivity contribution in [2.45, 2.75) is 46.0 Å². The highest BCUT2D eigenvalue weighted by Gasteiger charge is 2.26. The molecular formula is C15H27NO2. The molecule has 0 aromatic carbocycles. The van der Waals surface area contributed by atoms with Gasteiger partial charge in [-0.2, -0.15) is 0 Å². The molecule has 3 atom stereocenters. The Balaban J connectivity index is 1.65. The standard InChI is InChI=1S/C15H27NO2/c1-12-5-6-14(13(2)9-12)11-18-15(17)10-16-7-3-4-8-16/h12-14H,3-11H2,1-2H3/t12-,13-,14-/m0/s1. The molecule has 3 heteroatoms. The van der Waals surface area contributed by atoms with E-state index in [0.717, 1.165) is 19.0 Å². The van der Waals surface area contributed by atoms with Crippen LogP contribution in [0.25, 0.3) is 0 Å². The van der Waals surface area contributed by atoms with E-state index in [9.17, 15) is 4.79 Å². The molecule has 2 rings (SSSR count). The molecule has 1 saturated carbocycles. The van der Waals surface area contributed by atoms with Gasteiger partial charge in [-0.05, 0) is 56.5 Å². The fourth-order valence-corrected chi connectivity index (χ4v) is 3.34. The normalized spacial score (nSPS) is 33.6. The average Bonchev–Trinajstić information content (AvgIpc) is 2.80. The lowest BCUT2D eigenvalue weighted by Crippen LogP contribution is -2.31. The maximum absolute atomic E-state index is 11.7. The van der Waals surface area contributed by atoms with Gasteiger partial charge in [0.15, 0.2) is 0 Å². The molecule has 0 amide bonds. The summed E-state index contributed by atoms with van der Waals surface area (Å²) < 4.78 is 5.47. The Hall–Kier alpha value is -0.570. The SMILES string of the molecule is C[C@H]1CC[C@@H](COC(=O)CN2CCCC2)[C@@H](C)C1. The summed E-state index contributed by atoms with van der Waals surface area (Å²) in [7, 11) is 0. The number of carbonyl (C=O) groups excluding carboxylic acids is 1. The van der Waals surface area contributed by atoms with Crippen molar-refractivity contribution in [3.8, 4) is 0 Å². The maximum Gasteiger partial charge on any atom is 0.320 e. The van der Waals surface area contributed by atoms with Crippen LogP contribution >= 0.6 is 0 Å². The quantitative estimate of drug-likeness (QED) is 0.721. The lowest BCUT2D eigenvalue weighted by molar-refractivity contribution is -0.147. The molecule has 0 spiro atoms. The Morgan fingerprint density at radius 1 is 1.22 bits per heavy atom. The zero-order chi connectivity index (χ0) is 13.0. The van der Waals surface area contributed by atoms with Gasteiger partial charge >= 0.3 is 5.97 Å². The molecule has 0 unspecified atom stereocenters. The number of likely N-dealkylation sites (tertiary alicyclic amines) is 1. The summed E-state index contributed by atoms with van der Waals surface area (Å²) in [5.74, 6) is 2.11. The van der Waals surface area contributed by atoms with Gasteiger partial charge in [0.05, 0.1) is 13.2 Å². The number of nitrogens with zero attached hydrogens (tertiary/aromatic N) is 1. The molecule has 1 saturated heterocycles. The molecular weight excluding hydrogens is 226 g/mol. The van der Waals surface area contributed by atoms with Crippen molar-refractivity contribution in [3.05, 3.63) is 0 Å². The highest BCUT2D eigenvalue weighted by molar-refractivity contribution is 5.71. The molecule has 0 N–H and O–H groups in total. The average molecular weight is 253 g/mol. The Morgan fingerprint density at radius 3 is 2.61 bits per heavy atom. The number of carbonyl (C=O) groups is 1. The second kappa shape index (κ2) is 6.55. The lowest BCUT2D eigenvalue weighted by Gasteiger charge is -2.32. The molecule has 1 aliphatic heterocycles. The van der Waals surface area contributed by atoms with Crippen LogP contribution in [0.5, 0.6) is 0 Å². The summed E-state index contributed by atoms with van der Waals surface area (Å²) in [5, 5.41) is 0. The Morgan fingerprint density at radius 2 is 1.94 bits per heavy atom. The molecule has 3 nitrogen and oxygen atoms in total. The number of hydrogen-bond donors (Lipinski definition) is 0. The van der Waals surface area contributed by atoms with Crippen LogP contribution in [0.1, 0.15) is 46.0 Å². The molecule has 0 aromatic rings. The Labute approximate surface area is 111 Å². The monoisotopic (exact) mass is 253 g/mol. The minimum Gasteiger partial charge on any atom is -0.464 e. The highest BCUT2D eigenvalue weighted by atomic mass is 16.5. The number of hydrogen-bond acceptors (Lipinski definition) is 3. The molecule has 2 fully saturated rings. The first-order chi connectivity index (χ1) is 8.65. The second-order valence-electron chi connectivity index (χ2n) is 6.32. The van der Waals surface area contributed by atoms with E-state index in [1.165, 1.54) is 32.1 Å². The number of ether oxygens (including phenoxy) is 1. The van der Waals surface area contributed by atoms with E-state index >= 15 is 0 Å². The molecule has 1 heterocycles. The smallest absolute Gasteiger partial charge is 0.320 e. The van der Waals surface area contributed by atoms with Crippen molar-refractivity contribution in [2.24, 2.45) is 17.8 Å². The zero-order valence-electron chi connectivity index (χ0n) is 11.9. The van der Waals surface area contributed by atoms with Crippen LogP contribution in [0.15, 0.2) is 0 Å². The minimum absolute atomic E-state index is 0.0253. The van der Waals surface area contributed by atoms with Crippen LogP contribution in [-0.2, 0) is 9.53 Å². The third kappa shape index (κ3) is 3.98. The van der Waals surface area contributed by atoms with E-state index in [-0.39, 0.29) is 5.97 Å². The summed E-state index contributed by atoms with van der Waals surface area (Å²) in [4.78, 5) is 14.0. The van der Waals surface area contributed by atoms with Crippen LogP contribution in [0.3, 0.4) is 0 Å². The van der Waals surface area contributed by atoms with Crippen LogP contribution in [-0.4, -0.2) is 37.1 Å². The number of rotatable bonds is 4. The number of esters is 1. The zero-order valence-corrected chi connectivity index (χ0v) is 11.9. The van der Waals surface area contributed by atoms with Crippen molar-refractivity contribution in [1.82, 2.24) is 4.90 Å². The van der Waals surface area contributed by atoms with E-state index in [4.69, 9.17) is 4.74 Å². The topological polar surface area (TPSA) is 29.5 Å². The van der Waals surface area contributed by atoms with Crippen molar-refractivity contribution in [3.63, 3.8) is 0 Å². The van der Waals surface area contributed by atoms with Crippen molar-refractivity contribution in [2.75, 3.05) is 26.2 Å². The van der Waals surface area contributed by atoms with Crippen LogP contribution in [0, 0.1) is 17.8 Å². The largest absolute Gasteiger partial charge is 0.464 e. The molecule has 104 valence electrons. The molecule has 2 aliphatic rings. The first kappa shape index (κ1) is 13.9. The van der Waals surface area contributed by atoms with Gasteiger partial charge < -0.3 is 4.74 Å². The van der Waals surface area contributed by atoms with E-state index < -0.39 is 0 Å². The third-order valence-corrected chi connectivity index (χ3v) is 4.62. The van der Waals surface area contributed by atoms with Gasteiger partial charge in [-0.25, -0.2) is 0 Å². The molecule has 18 heavy (non-hydrogen) atoms. The van der Waals surface area contributed by atoms with Crippen LogP contribution in [0.4, 0.5) is 0 Å². The van der Waals surface area contributed by atoms with E-state index in [2.05, 4.69) is 18.7 Å². The lowest BCUT2D eigenvalue weighted by atomic mass is 9.76. The van der Waals surface area contributed by atoms with Gasteiger partial charge in [0, 0.05) is 0 Å². The highest BCUT2D eigenvalue weighted by Crippen LogP contribution is 2.33. The van der Waals surface area contributed by atoms with Gasteiger partial charge in [0.1, 0.15) is 0 Å². The summed E-state index contributed by atoms with van der Waals surface area (Å²) in [6.45, 7) is 7.89. The summed E-state index contributed by atoms with van der Waals surface area (Å²) in [6.07, 6.45) is 6.25. The van der Waals surface area contributed by atoms with E-state index in [0.29, 0.717) is 25.0 Å². The first-order valence-electron chi connectivity index (χ1n) is 7.53. The molecule has 1 aliphatic carbocycles. The fraction of sp³-hybridized carbons (Fsp3) is 0.933. The van der Waals surface area contributed by atoms with Crippen molar-refractivity contribution < 1.29 is 9.53 Å². The minimum atomic E-state index is -0.0253. The summed E-state index contributed by atoms with van der Waals surface area (Å²) in [5.41, 5.74) is 0. The van der Waals surface area contributed by atoms with E-state index in [1.54, 1.807) is 0 Å². The van der Waals surface area contributed by atoms with Crippen molar-refractivity contribution in [1.29, 1.82) is 0 Å². The first-order valence-corrected chi connectivity index (χ1v) is 7.53. The van der Waals surface area contributed by atoms with Crippen LogP contribution in [0.2, 0.25) is 0 Å². The molecule has 0 radical (unpaired) electrons. The summed E-state index contributed by atoms with van der Waals surface area (Å²) in [6, 6.07) is 0. The van der Waals surface area contributed by atoms with E-state index in [1.807, 2.05) is 0 Å². The van der Waals surface area contributed by atoms with Gasteiger partial charge in [-0.3, -0.25) is 9.69 Å². The Bertz CT molecular complexity index is 274. The maximum atomic E-state index is 11.7. The molecule has 0 aromatic heterocycles. The second-order valence-corrected chi connectivity index (χ2v) is 6.32. The predicted molar refractivity (Wildman–Crippen MR) is 72.3 cm³/mol. The summed E-state index contributed by atoms with van der Waals surface area (Å²) >= 11 is 0. The van der Waals surface area contributed by atoms with Gasteiger partial charge in [-0.1, -0.05) is 20.3 Å². The Kier molecular flexibility index (Phi) is 5.04. The van der Waals surface area contributed by atoms with Gasteiger partial charge in [0.25, 0.3) is 0 Å². The van der Waals surface area contributed by atoms with Crippen molar-refractivity contribution >= 4 is 5.97 Å². The van der Waals surface area contributed by atoms with Crippen LogP contribution < -0.4 is 0 Å². The van der Waals surface area contributed by atoms with Gasteiger partial charge in [-0.15, -0.1) is 0 Å². The molecule has 0 bridgehead atoms. The van der Waals surface area contributed by atoms with Gasteiger partial charge in [0.2, 0.25) is 0 Å². The predicted octanol–water partition coefficient (Wildman–Crippen LogP) is 2.70. The fourth-order valence-electron chi connectivity index (χ4n) is 3.34.